The molecule has 0 aliphatic heterocycles. The van der Waals surface area contributed by atoms with E-state index in [9.17, 15) is 23.3 Å². The molecule has 0 saturated heterocycles. The molecule has 0 aliphatic carbocycles. The van der Waals surface area contributed by atoms with Gasteiger partial charge in [-0.15, -0.1) is 0 Å². The number of nitrogens with zero attached hydrogens (tertiary/aromatic N) is 2. The minimum absolute atomic E-state index is 0.115. The maximum Gasteiger partial charge on any atom is 0.324 e. The second-order valence-corrected chi connectivity index (χ2v) is 7.35. The maximum absolute atomic E-state index is 12.9. The van der Waals surface area contributed by atoms with Crippen molar-refractivity contribution in [3.8, 4) is 0 Å². The molecule has 0 aromatic heterocycles. The van der Waals surface area contributed by atoms with Gasteiger partial charge in [-0.3, -0.25) is 19.2 Å². The second-order valence-electron chi connectivity index (χ2n) is 4.70. The zero-order valence-corrected chi connectivity index (χ0v) is 14.6. The van der Waals surface area contributed by atoms with Gasteiger partial charge in [-0.25, -0.2) is 8.42 Å². The molecule has 0 atom stereocenters. The zero-order valence-electron chi connectivity index (χ0n) is 12.3. The number of rotatable bonds is 6. The first kappa shape index (κ1) is 19.0. The van der Waals surface area contributed by atoms with Gasteiger partial charge in [0.15, 0.2) is 4.90 Å². The molecule has 0 radical (unpaired) electrons. The molecule has 2 aromatic carbocycles. The normalized spacial score (nSPS) is 11.1. The van der Waals surface area contributed by atoms with Gasteiger partial charge in [-0.1, -0.05) is 41.4 Å². The number of carbonyl (C=O) groups is 1. The highest BCUT2D eigenvalue weighted by molar-refractivity contribution is 7.93. The topological polar surface area (TPSA) is 118 Å². The largest absolute Gasteiger partial charge is 0.480 e. The molecule has 1 N–H and O–H groups in total. The quantitative estimate of drug-likeness (QED) is 0.583. The molecule has 2 rings (SSSR count). The van der Waals surface area contributed by atoms with Crippen molar-refractivity contribution in [1.29, 1.82) is 0 Å². The van der Waals surface area contributed by atoms with Crippen molar-refractivity contribution in [2.45, 2.75) is 4.90 Å². The first-order valence-electron chi connectivity index (χ1n) is 6.58. The molecule has 0 bridgehead atoms. The third kappa shape index (κ3) is 3.84. The molecule has 11 heteroatoms. The molecule has 0 unspecified atom stereocenters. The number of hydrogen-bond acceptors (Lipinski definition) is 5. The number of halogens is 2. The van der Waals surface area contributed by atoms with Crippen LogP contribution in [0.2, 0.25) is 10.0 Å². The summed E-state index contributed by atoms with van der Waals surface area (Å²) in [6.45, 7) is -1.02. The number of aliphatic carboxylic acids is 1. The molecule has 25 heavy (non-hydrogen) atoms. The van der Waals surface area contributed by atoms with Crippen LogP contribution in [-0.4, -0.2) is 31.0 Å². The van der Waals surface area contributed by atoms with Gasteiger partial charge in [0, 0.05) is 6.07 Å². The van der Waals surface area contributed by atoms with Gasteiger partial charge in [-0.2, -0.15) is 0 Å². The van der Waals surface area contributed by atoms with Crippen molar-refractivity contribution in [3.05, 3.63) is 62.6 Å². The Bertz CT molecular complexity index is 928. The van der Waals surface area contributed by atoms with E-state index >= 15 is 0 Å². The highest BCUT2D eigenvalue weighted by Gasteiger charge is 2.35. The number of hydrogen-bond donors (Lipinski definition) is 1. The fraction of sp³-hybridized carbons (Fsp3) is 0.0714. The average Bonchev–Trinajstić information content (AvgIpc) is 2.53. The molecule has 0 saturated carbocycles. The van der Waals surface area contributed by atoms with Gasteiger partial charge in [0.25, 0.3) is 15.7 Å². The molecule has 8 nitrogen and oxygen atoms in total. The summed E-state index contributed by atoms with van der Waals surface area (Å²) < 4.78 is 26.3. The summed E-state index contributed by atoms with van der Waals surface area (Å²) in [5.41, 5.74) is -0.965. The lowest BCUT2D eigenvalue weighted by molar-refractivity contribution is -0.387. The summed E-state index contributed by atoms with van der Waals surface area (Å²) in [7, 11) is -4.63. The lowest BCUT2D eigenvalue weighted by Crippen LogP contribution is -2.36. The van der Waals surface area contributed by atoms with Crippen LogP contribution < -0.4 is 4.31 Å². The molecule has 132 valence electrons. The van der Waals surface area contributed by atoms with Crippen LogP contribution in [0.5, 0.6) is 0 Å². The Balaban J connectivity index is 2.75. The van der Waals surface area contributed by atoms with Gasteiger partial charge in [0.05, 0.1) is 20.7 Å². The lowest BCUT2D eigenvalue weighted by atomic mass is 10.3. The monoisotopic (exact) mass is 404 g/mol. The molecule has 2 aromatic rings. The van der Waals surface area contributed by atoms with Crippen molar-refractivity contribution in [2.75, 3.05) is 10.8 Å². The molecule has 0 fully saturated rings. The molecule has 0 spiro atoms. The Morgan fingerprint density at radius 1 is 1.12 bits per heavy atom. The van der Waals surface area contributed by atoms with E-state index in [0.29, 0.717) is 4.31 Å². The summed E-state index contributed by atoms with van der Waals surface area (Å²) in [4.78, 5) is 20.8. The minimum Gasteiger partial charge on any atom is -0.480 e. The van der Waals surface area contributed by atoms with E-state index in [4.69, 9.17) is 28.3 Å². The minimum atomic E-state index is -4.63. The molecule has 0 aliphatic rings. The lowest BCUT2D eigenvalue weighted by Gasteiger charge is -2.24. The van der Waals surface area contributed by atoms with Crippen LogP contribution in [0.25, 0.3) is 0 Å². The highest BCUT2D eigenvalue weighted by atomic mass is 35.5. The fourth-order valence-electron chi connectivity index (χ4n) is 2.08. The standard InChI is InChI=1S/C14H10Cl2N2O6S/c15-9-4-3-5-10(16)14(9)17(8-13(19)20)25(23,24)12-7-2-1-6-11(12)18(21)22/h1-7H,8H2,(H,19,20). The third-order valence-electron chi connectivity index (χ3n) is 3.10. The molecular weight excluding hydrogens is 395 g/mol. The summed E-state index contributed by atoms with van der Waals surface area (Å²) in [5, 5.41) is 20.0. The van der Waals surface area contributed by atoms with Crippen molar-refractivity contribution in [2.24, 2.45) is 0 Å². The zero-order chi connectivity index (χ0) is 18.8. The van der Waals surface area contributed by atoms with Crippen molar-refractivity contribution >= 4 is 50.6 Å². The smallest absolute Gasteiger partial charge is 0.324 e. The molecule has 0 heterocycles. The van der Waals surface area contributed by atoms with Crippen LogP contribution >= 0.6 is 23.2 Å². The fourth-order valence-corrected chi connectivity index (χ4v) is 4.39. The highest BCUT2D eigenvalue weighted by Crippen LogP contribution is 2.38. The Labute approximate surface area is 152 Å². The van der Waals surface area contributed by atoms with Gasteiger partial charge in [-0.05, 0) is 18.2 Å². The Morgan fingerprint density at radius 3 is 2.20 bits per heavy atom. The third-order valence-corrected chi connectivity index (χ3v) is 5.50. The van der Waals surface area contributed by atoms with E-state index in [1.54, 1.807) is 0 Å². The summed E-state index contributed by atoms with van der Waals surface area (Å²) in [6.07, 6.45) is 0. The van der Waals surface area contributed by atoms with E-state index in [1.165, 1.54) is 30.3 Å². The first-order chi connectivity index (χ1) is 11.7. The average molecular weight is 405 g/mol. The van der Waals surface area contributed by atoms with Crippen molar-refractivity contribution < 1.29 is 23.2 Å². The maximum atomic E-state index is 12.9. The number of nitro benzene ring substituents is 1. The number of benzene rings is 2. The van der Waals surface area contributed by atoms with Gasteiger partial charge >= 0.3 is 5.97 Å². The Morgan fingerprint density at radius 2 is 1.68 bits per heavy atom. The van der Waals surface area contributed by atoms with Crippen LogP contribution in [0.15, 0.2) is 47.4 Å². The number of carboxylic acid groups (broad SMARTS) is 1. The summed E-state index contributed by atoms with van der Waals surface area (Å²) >= 11 is 12.0. The number of sulfonamides is 1. The van der Waals surface area contributed by atoms with E-state index in [-0.39, 0.29) is 15.7 Å². The SMILES string of the molecule is O=C(O)CN(c1c(Cl)cccc1Cl)S(=O)(=O)c1ccccc1[N+](=O)[O-]. The first-order valence-corrected chi connectivity index (χ1v) is 8.78. The Kier molecular flexibility index (Phi) is 5.51. The van der Waals surface area contributed by atoms with Gasteiger partial charge in [0.1, 0.15) is 6.54 Å². The van der Waals surface area contributed by atoms with Crippen LogP contribution in [0.1, 0.15) is 0 Å². The van der Waals surface area contributed by atoms with E-state index in [2.05, 4.69) is 0 Å². The van der Waals surface area contributed by atoms with Crippen LogP contribution in [0, 0.1) is 10.1 Å². The molecular formula is C14H10Cl2N2O6S. The van der Waals surface area contributed by atoms with E-state index in [0.717, 1.165) is 12.1 Å². The van der Waals surface area contributed by atoms with Crippen LogP contribution in [-0.2, 0) is 14.8 Å². The van der Waals surface area contributed by atoms with Gasteiger partial charge < -0.3 is 5.11 Å². The molecule has 0 amide bonds. The predicted molar refractivity (Wildman–Crippen MR) is 91.7 cm³/mol. The number of carboxylic acids is 1. The number of nitro groups is 1. The summed E-state index contributed by atoms with van der Waals surface area (Å²) in [6, 6.07) is 8.69. The van der Waals surface area contributed by atoms with E-state index in [1.807, 2.05) is 0 Å². The van der Waals surface area contributed by atoms with Crippen LogP contribution in [0.3, 0.4) is 0 Å². The number of anilines is 1. The predicted octanol–water partition coefficient (Wildman–Crippen LogP) is 3.18. The van der Waals surface area contributed by atoms with E-state index < -0.39 is 38.0 Å². The van der Waals surface area contributed by atoms with Crippen molar-refractivity contribution in [1.82, 2.24) is 0 Å². The Hall–Kier alpha value is -2.36. The summed E-state index contributed by atoms with van der Waals surface area (Å²) in [5.74, 6) is -1.49. The van der Waals surface area contributed by atoms with Gasteiger partial charge in [0.2, 0.25) is 0 Å². The van der Waals surface area contributed by atoms with Crippen molar-refractivity contribution in [3.63, 3.8) is 0 Å². The second kappa shape index (κ2) is 7.26. The van der Waals surface area contributed by atoms with Crippen LogP contribution in [0.4, 0.5) is 11.4 Å². The number of para-hydroxylation sites is 2.